The van der Waals surface area contributed by atoms with Crippen molar-refractivity contribution in [2.75, 3.05) is 18.4 Å². The van der Waals surface area contributed by atoms with Gasteiger partial charge in [-0.05, 0) is 24.3 Å². The zero-order valence-corrected chi connectivity index (χ0v) is 14.4. The molecule has 2 amide bonds. The zero-order chi connectivity index (χ0) is 19.9. The van der Waals surface area contributed by atoms with E-state index in [-0.39, 0.29) is 24.7 Å². The number of alkyl halides is 3. The van der Waals surface area contributed by atoms with E-state index in [0.717, 1.165) is 17.7 Å². The van der Waals surface area contributed by atoms with Gasteiger partial charge in [-0.3, -0.25) is 20.0 Å². The van der Waals surface area contributed by atoms with Gasteiger partial charge >= 0.3 is 12.3 Å². The first kappa shape index (κ1) is 18.0. The number of nitrogens with zero attached hydrogens (tertiary/aromatic N) is 2. The molecule has 9 heteroatoms. The molecule has 0 saturated heterocycles. The average molecular weight is 389 g/mol. The maximum absolute atomic E-state index is 12.8. The Balaban J connectivity index is 1.42. The van der Waals surface area contributed by atoms with Gasteiger partial charge in [-0.15, -0.1) is 0 Å². The summed E-state index contributed by atoms with van der Waals surface area (Å²) in [6.07, 6.45) is -6.12. The first-order valence-corrected chi connectivity index (χ1v) is 8.43. The molecule has 4 rings (SSSR count). The molecule has 1 N–H and O–H groups in total. The SMILES string of the molecule is O=C(Nc1cccc(C(F)(F)F)c1)OC1CN=C2c3ccccc3C(=O)N2C1. The van der Waals surface area contributed by atoms with E-state index in [2.05, 4.69) is 10.3 Å². The maximum Gasteiger partial charge on any atom is 0.416 e. The summed E-state index contributed by atoms with van der Waals surface area (Å²) in [4.78, 5) is 30.3. The summed E-state index contributed by atoms with van der Waals surface area (Å²) in [7, 11) is 0. The summed E-state index contributed by atoms with van der Waals surface area (Å²) >= 11 is 0. The maximum atomic E-state index is 12.8. The molecule has 2 aromatic carbocycles. The minimum absolute atomic E-state index is 0.0375. The molecule has 6 nitrogen and oxygen atoms in total. The number of halogens is 3. The van der Waals surface area contributed by atoms with E-state index in [4.69, 9.17) is 4.74 Å². The second-order valence-corrected chi connectivity index (χ2v) is 6.36. The topological polar surface area (TPSA) is 71.0 Å². The van der Waals surface area contributed by atoms with E-state index in [0.29, 0.717) is 11.4 Å². The van der Waals surface area contributed by atoms with Crippen LogP contribution in [0.1, 0.15) is 21.5 Å². The zero-order valence-electron chi connectivity index (χ0n) is 14.4. The summed E-state index contributed by atoms with van der Waals surface area (Å²) in [6.45, 7) is 0.284. The molecule has 1 atom stereocenters. The Morgan fingerprint density at radius 2 is 1.89 bits per heavy atom. The van der Waals surface area contributed by atoms with Crippen molar-refractivity contribution >= 4 is 23.5 Å². The third kappa shape index (κ3) is 3.30. The van der Waals surface area contributed by atoms with Gasteiger partial charge in [0.2, 0.25) is 0 Å². The van der Waals surface area contributed by atoms with Crippen LogP contribution in [0.4, 0.5) is 23.7 Å². The Morgan fingerprint density at radius 1 is 1.14 bits per heavy atom. The summed E-state index contributed by atoms with van der Waals surface area (Å²) in [6, 6.07) is 11.3. The van der Waals surface area contributed by atoms with Crippen LogP contribution in [0, 0.1) is 0 Å². The highest BCUT2D eigenvalue weighted by Crippen LogP contribution is 2.31. The van der Waals surface area contributed by atoms with Gasteiger partial charge in [0.15, 0.2) is 0 Å². The van der Waals surface area contributed by atoms with E-state index in [1.165, 1.54) is 17.0 Å². The van der Waals surface area contributed by atoms with Crippen molar-refractivity contribution < 1.29 is 27.5 Å². The Hall–Kier alpha value is -3.36. The monoisotopic (exact) mass is 389 g/mol. The molecule has 0 radical (unpaired) electrons. The Kier molecular flexibility index (Phi) is 4.29. The summed E-state index contributed by atoms with van der Waals surface area (Å²) in [5.41, 5.74) is 0.358. The quantitative estimate of drug-likeness (QED) is 0.854. The molecule has 144 valence electrons. The summed E-state index contributed by atoms with van der Waals surface area (Å²) < 4.78 is 43.5. The number of ether oxygens (including phenoxy) is 1. The molecule has 0 saturated carbocycles. The molecular formula is C19H14F3N3O3. The van der Waals surface area contributed by atoms with Gasteiger partial charge in [0, 0.05) is 11.3 Å². The largest absolute Gasteiger partial charge is 0.442 e. The fraction of sp³-hybridized carbons (Fsp3) is 0.211. The lowest BCUT2D eigenvalue weighted by molar-refractivity contribution is -0.137. The Bertz CT molecular complexity index is 988. The predicted molar refractivity (Wildman–Crippen MR) is 94.2 cm³/mol. The molecule has 28 heavy (non-hydrogen) atoms. The van der Waals surface area contributed by atoms with Gasteiger partial charge in [-0.2, -0.15) is 13.2 Å². The highest BCUT2D eigenvalue weighted by atomic mass is 19.4. The molecule has 0 aromatic heterocycles. The number of anilines is 1. The van der Waals surface area contributed by atoms with Crippen molar-refractivity contribution in [2.24, 2.45) is 4.99 Å². The van der Waals surface area contributed by atoms with Crippen LogP contribution < -0.4 is 5.32 Å². The van der Waals surface area contributed by atoms with E-state index in [1.54, 1.807) is 18.2 Å². The van der Waals surface area contributed by atoms with E-state index < -0.39 is 23.9 Å². The van der Waals surface area contributed by atoms with Gasteiger partial charge in [0.25, 0.3) is 5.91 Å². The molecular weight excluding hydrogens is 375 g/mol. The predicted octanol–water partition coefficient (Wildman–Crippen LogP) is 3.54. The third-order valence-corrected chi connectivity index (χ3v) is 4.44. The highest BCUT2D eigenvalue weighted by Gasteiger charge is 2.38. The fourth-order valence-corrected chi connectivity index (χ4v) is 3.19. The van der Waals surface area contributed by atoms with Crippen molar-refractivity contribution in [3.63, 3.8) is 0 Å². The molecule has 2 aliphatic rings. The average Bonchev–Trinajstić information content (AvgIpc) is 2.94. The number of amidine groups is 1. The minimum Gasteiger partial charge on any atom is -0.442 e. The summed E-state index contributed by atoms with van der Waals surface area (Å²) in [5.74, 6) is 0.319. The molecule has 2 aromatic rings. The minimum atomic E-state index is -4.51. The normalized spacial score (nSPS) is 18.2. The number of hydrogen-bond donors (Lipinski definition) is 1. The second kappa shape index (κ2) is 6.66. The fourth-order valence-electron chi connectivity index (χ4n) is 3.19. The second-order valence-electron chi connectivity index (χ2n) is 6.36. The lowest BCUT2D eigenvalue weighted by Gasteiger charge is -2.27. The number of hydrogen-bond acceptors (Lipinski definition) is 4. The first-order valence-electron chi connectivity index (χ1n) is 8.43. The molecule has 0 spiro atoms. The molecule has 0 fully saturated rings. The van der Waals surface area contributed by atoms with Gasteiger partial charge in [-0.1, -0.05) is 24.3 Å². The number of aliphatic imine (C=N–C) groups is 1. The Morgan fingerprint density at radius 3 is 2.64 bits per heavy atom. The van der Waals surface area contributed by atoms with Gasteiger partial charge in [-0.25, -0.2) is 4.79 Å². The number of benzene rings is 2. The van der Waals surface area contributed by atoms with Gasteiger partial charge in [0.1, 0.15) is 11.9 Å². The van der Waals surface area contributed by atoms with Gasteiger partial charge < -0.3 is 4.74 Å². The van der Waals surface area contributed by atoms with Crippen molar-refractivity contribution in [3.05, 3.63) is 65.2 Å². The van der Waals surface area contributed by atoms with E-state index >= 15 is 0 Å². The van der Waals surface area contributed by atoms with Crippen LogP contribution in [0.2, 0.25) is 0 Å². The van der Waals surface area contributed by atoms with Crippen LogP contribution >= 0.6 is 0 Å². The van der Waals surface area contributed by atoms with Crippen LogP contribution in [0.25, 0.3) is 0 Å². The van der Waals surface area contributed by atoms with E-state index in [1.807, 2.05) is 6.07 Å². The molecule has 0 aliphatic carbocycles. The summed E-state index contributed by atoms with van der Waals surface area (Å²) in [5, 5.41) is 2.28. The van der Waals surface area contributed by atoms with Crippen LogP contribution in [0.5, 0.6) is 0 Å². The first-order chi connectivity index (χ1) is 13.3. The number of fused-ring (bicyclic) bond motifs is 3. The lowest BCUT2D eigenvalue weighted by Crippen LogP contribution is -2.44. The van der Waals surface area contributed by atoms with Crippen molar-refractivity contribution in [3.8, 4) is 0 Å². The van der Waals surface area contributed by atoms with Crippen LogP contribution in [0.3, 0.4) is 0 Å². The van der Waals surface area contributed by atoms with Crippen LogP contribution in [-0.2, 0) is 10.9 Å². The molecule has 2 aliphatic heterocycles. The molecule has 0 bridgehead atoms. The molecule has 1 unspecified atom stereocenters. The number of rotatable bonds is 2. The number of carbonyl (C=O) groups is 2. The van der Waals surface area contributed by atoms with Crippen molar-refractivity contribution in [1.29, 1.82) is 0 Å². The highest BCUT2D eigenvalue weighted by molar-refractivity contribution is 6.23. The van der Waals surface area contributed by atoms with Crippen LogP contribution in [-0.4, -0.2) is 41.9 Å². The van der Waals surface area contributed by atoms with Crippen molar-refractivity contribution in [2.45, 2.75) is 12.3 Å². The van der Waals surface area contributed by atoms with Crippen molar-refractivity contribution in [1.82, 2.24) is 4.90 Å². The van der Waals surface area contributed by atoms with E-state index in [9.17, 15) is 22.8 Å². The Labute approximate surface area is 157 Å². The smallest absolute Gasteiger partial charge is 0.416 e. The van der Waals surface area contributed by atoms with Gasteiger partial charge in [0.05, 0.1) is 24.2 Å². The number of nitrogens with one attached hydrogen (secondary N) is 1. The number of amides is 2. The third-order valence-electron chi connectivity index (χ3n) is 4.44. The standard InChI is InChI=1S/C19H14F3N3O3/c20-19(21,22)11-4-3-5-12(8-11)24-18(27)28-13-9-23-16-14-6-1-2-7-15(14)17(26)25(16)10-13/h1-8,13H,9-10H2,(H,24,27). The number of carbonyl (C=O) groups excluding carboxylic acids is 2. The lowest BCUT2D eigenvalue weighted by atomic mass is 10.1. The molecule has 2 heterocycles. The van der Waals surface area contributed by atoms with Crippen LogP contribution in [0.15, 0.2) is 53.5 Å².